The van der Waals surface area contributed by atoms with Gasteiger partial charge in [-0.05, 0) is 28.8 Å². The Morgan fingerprint density at radius 2 is 1.84 bits per heavy atom. The van der Waals surface area contributed by atoms with Gasteiger partial charge >= 0.3 is 0 Å². The number of likely N-dealkylation sites (N-methyl/N-ethyl adjacent to an activating group) is 1. The minimum atomic E-state index is -1.86. The molecule has 3 rings (SSSR count). The van der Waals surface area contributed by atoms with Crippen molar-refractivity contribution in [1.29, 1.82) is 0 Å². The highest BCUT2D eigenvalue weighted by Crippen LogP contribution is 2.42. The normalized spacial score (nSPS) is 19.3. The van der Waals surface area contributed by atoms with Crippen molar-refractivity contribution in [3.8, 4) is 0 Å². The molecule has 0 N–H and O–H groups in total. The lowest BCUT2D eigenvalue weighted by molar-refractivity contribution is -0.137. The Morgan fingerprint density at radius 1 is 1.20 bits per heavy atom. The third-order valence-corrected chi connectivity index (χ3v) is 11.7. The Hall–Kier alpha value is -1.40. The van der Waals surface area contributed by atoms with E-state index in [2.05, 4.69) is 72.4 Å². The van der Waals surface area contributed by atoms with Gasteiger partial charge in [0.25, 0.3) is 0 Å². The van der Waals surface area contributed by atoms with Crippen LogP contribution in [-0.4, -0.2) is 36.2 Å². The molecular formula is C19H25BrN2O2Si. The zero-order valence-corrected chi connectivity index (χ0v) is 18.3. The number of fused-ring (bicyclic) bond motifs is 1. The van der Waals surface area contributed by atoms with Gasteiger partial charge in [0.1, 0.15) is 0 Å². The van der Waals surface area contributed by atoms with Gasteiger partial charge in [-0.3, -0.25) is 14.5 Å². The predicted molar refractivity (Wildman–Crippen MR) is 107 cm³/mol. The highest BCUT2D eigenvalue weighted by Gasteiger charge is 2.42. The fourth-order valence-electron chi connectivity index (χ4n) is 3.33. The zero-order valence-electron chi connectivity index (χ0n) is 15.7. The van der Waals surface area contributed by atoms with Crippen LogP contribution >= 0.6 is 15.9 Å². The van der Waals surface area contributed by atoms with Crippen molar-refractivity contribution in [3.05, 3.63) is 34.4 Å². The second-order valence-corrected chi connectivity index (χ2v) is 14.5. The van der Waals surface area contributed by atoms with Crippen LogP contribution in [0.5, 0.6) is 0 Å². The van der Waals surface area contributed by atoms with Crippen LogP contribution in [0.1, 0.15) is 38.7 Å². The number of halogens is 1. The summed E-state index contributed by atoms with van der Waals surface area (Å²) >= 11 is 3.55. The molecule has 0 aliphatic carbocycles. The second kappa shape index (κ2) is 5.81. The molecule has 1 aliphatic heterocycles. The van der Waals surface area contributed by atoms with Crippen molar-refractivity contribution in [3.63, 3.8) is 0 Å². The monoisotopic (exact) mass is 420 g/mol. The van der Waals surface area contributed by atoms with Gasteiger partial charge in [0.05, 0.1) is 5.92 Å². The number of amides is 2. The molecule has 1 aliphatic rings. The number of likely N-dealkylation sites (tertiary alicyclic amines) is 1. The van der Waals surface area contributed by atoms with Gasteiger partial charge in [-0.15, -0.1) is 0 Å². The van der Waals surface area contributed by atoms with Gasteiger partial charge in [-0.2, -0.15) is 0 Å². The summed E-state index contributed by atoms with van der Waals surface area (Å²) in [5.74, 6) is -0.571. The summed E-state index contributed by atoms with van der Waals surface area (Å²) in [5, 5.41) is 1.23. The van der Waals surface area contributed by atoms with Crippen LogP contribution < -0.4 is 0 Å². The summed E-state index contributed by atoms with van der Waals surface area (Å²) in [6.45, 7) is 11.5. The van der Waals surface area contributed by atoms with E-state index in [1.54, 1.807) is 7.05 Å². The highest BCUT2D eigenvalue weighted by atomic mass is 79.9. The molecule has 1 unspecified atom stereocenters. The standard InChI is InChI=1S/C19H25BrN2O2Si/c1-19(2,3)25(5,6)22-11-15(13-9-12(20)7-8-16(13)22)14-10-17(23)21(4)18(14)24/h7-9,11,14H,10H2,1-6H3. The van der Waals surface area contributed by atoms with Crippen molar-refractivity contribution < 1.29 is 9.59 Å². The van der Waals surface area contributed by atoms with E-state index in [0.29, 0.717) is 0 Å². The highest BCUT2D eigenvalue weighted by molar-refractivity contribution is 9.10. The van der Waals surface area contributed by atoms with Crippen molar-refractivity contribution in [2.75, 3.05) is 7.05 Å². The molecule has 1 aromatic heterocycles. The first-order valence-corrected chi connectivity index (χ1v) is 12.3. The number of benzene rings is 1. The lowest BCUT2D eigenvalue weighted by Gasteiger charge is -2.38. The van der Waals surface area contributed by atoms with E-state index in [9.17, 15) is 9.59 Å². The average Bonchev–Trinajstić information content (AvgIpc) is 2.99. The first-order chi connectivity index (χ1) is 11.4. The number of nitrogens with zero attached hydrogens (tertiary/aromatic N) is 2. The van der Waals surface area contributed by atoms with Crippen LogP contribution in [0.25, 0.3) is 10.9 Å². The minimum absolute atomic E-state index is 0.0979. The molecule has 25 heavy (non-hydrogen) atoms. The molecule has 1 fully saturated rings. The summed E-state index contributed by atoms with van der Waals surface area (Å²) in [4.78, 5) is 25.9. The van der Waals surface area contributed by atoms with E-state index in [4.69, 9.17) is 0 Å². The zero-order chi connectivity index (χ0) is 18.7. The molecule has 0 radical (unpaired) electrons. The van der Waals surface area contributed by atoms with Gasteiger partial charge in [0.2, 0.25) is 11.8 Å². The van der Waals surface area contributed by atoms with E-state index >= 15 is 0 Å². The third kappa shape index (κ3) is 2.79. The van der Waals surface area contributed by atoms with Gasteiger partial charge in [-0.25, -0.2) is 0 Å². The topological polar surface area (TPSA) is 42.3 Å². The number of hydrogen-bond acceptors (Lipinski definition) is 2. The van der Waals surface area contributed by atoms with E-state index in [1.807, 2.05) is 6.07 Å². The Balaban J connectivity index is 2.26. The van der Waals surface area contributed by atoms with Crippen molar-refractivity contribution >= 4 is 46.9 Å². The maximum absolute atomic E-state index is 12.6. The fraction of sp³-hybridized carbons (Fsp3) is 0.474. The number of imide groups is 1. The molecule has 1 aromatic carbocycles. The number of carbonyl (C=O) groups is 2. The SMILES string of the molecule is CN1C(=O)CC(c2cn([Si](C)(C)C(C)(C)C)c3ccc(Br)cc23)C1=O. The van der Waals surface area contributed by atoms with Gasteiger partial charge < -0.3 is 4.23 Å². The smallest absolute Gasteiger partial charge is 0.237 e. The molecule has 0 bridgehead atoms. The van der Waals surface area contributed by atoms with Crippen LogP contribution in [0.2, 0.25) is 18.1 Å². The maximum atomic E-state index is 12.6. The number of aromatic nitrogens is 1. The number of carbonyl (C=O) groups excluding carboxylic acids is 2. The first-order valence-electron chi connectivity index (χ1n) is 8.56. The number of rotatable bonds is 2. The first kappa shape index (κ1) is 18.4. The molecule has 1 saturated heterocycles. The van der Waals surface area contributed by atoms with Crippen molar-refractivity contribution in [2.24, 2.45) is 0 Å². The van der Waals surface area contributed by atoms with Crippen LogP contribution in [0.15, 0.2) is 28.9 Å². The van der Waals surface area contributed by atoms with Crippen LogP contribution in [0, 0.1) is 0 Å². The van der Waals surface area contributed by atoms with Gasteiger partial charge in [-0.1, -0.05) is 49.8 Å². The molecule has 0 saturated carbocycles. The summed E-state index contributed by atoms with van der Waals surface area (Å²) in [6.07, 6.45) is 2.40. The molecule has 6 heteroatoms. The van der Waals surface area contributed by atoms with Gasteiger partial charge in [0, 0.05) is 35.0 Å². The lowest BCUT2D eigenvalue weighted by Crippen LogP contribution is -2.44. The molecule has 2 amide bonds. The summed E-state index contributed by atoms with van der Waals surface area (Å²) in [5.41, 5.74) is 2.13. The Bertz CT molecular complexity index is 879. The number of hydrogen-bond donors (Lipinski definition) is 0. The van der Waals surface area contributed by atoms with Crippen LogP contribution in [0.3, 0.4) is 0 Å². The fourth-order valence-corrected chi connectivity index (χ4v) is 5.67. The van der Waals surface area contributed by atoms with Crippen LogP contribution in [-0.2, 0) is 9.59 Å². The van der Waals surface area contributed by atoms with E-state index in [0.717, 1.165) is 20.9 Å². The predicted octanol–water partition coefficient (Wildman–Crippen LogP) is 4.73. The van der Waals surface area contributed by atoms with E-state index < -0.39 is 8.24 Å². The Morgan fingerprint density at radius 3 is 2.36 bits per heavy atom. The van der Waals surface area contributed by atoms with E-state index in [1.165, 1.54) is 4.90 Å². The molecule has 2 heterocycles. The Kier molecular flexibility index (Phi) is 4.27. The quantitative estimate of drug-likeness (QED) is 0.520. The van der Waals surface area contributed by atoms with E-state index in [-0.39, 0.29) is 29.2 Å². The van der Waals surface area contributed by atoms with Crippen molar-refractivity contribution in [1.82, 2.24) is 9.13 Å². The van der Waals surface area contributed by atoms with Crippen LogP contribution in [0.4, 0.5) is 0 Å². The second-order valence-electron chi connectivity index (χ2n) is 8.47. The largest absolute Gasteiger partial charge is 0.374 e. The molecule has 4 nitrogen and oxygen atoms in total. The minimum Gasteiger partial charge on any atom is -0.374 e. The summed E-state index contributed by atoms with van der Waals surface area (Å²) in [7, 11) is -0.280. The molecule has 134 valence electrons. The molecule has 0 spiro atoms. The molecular weight excluding hydrogens is 396 g/mol. The maximum Gasteiger partial charge on any atom is 0.237 e. The van der Waals surface area contributed by atoms with Gasteiger partial charge in [0.15, 0.2) is 8.24 Å². The molecule has 1 atom stereocenters. The van der Waals surface area contributed by atoms with Crippen molar-refractivity contribution in [2.45, 2.75) is 51.2 Å². The Labute approximate surface area is 158 Å². The lowest BCUT2D eigenvalue weighted by atomic mass is 9.97. The third-order valence-electron chi connectivity index (χ3n) is 5.99. The summed E-state index contributed by atoms with van der Waals surface area (Å²) in [6, 6.07) is 6.24. The summed E-state index contributed by atoms with van der Waals surface area (Å²) < 4.78 is 3.39. The average molecular weight is 421 g/mol. The molecule has 2 aromatic rings.